The van der Waals surface area contributed by atoms with E-state index in [4.69, 9.17) is 39.0 Å². The molecular formula is C61H95N9O4Si4. The molecule has 78 heavy (non-hydrogen) atoms. The van der Waals surface area contributed by atoms with Gasteiger partial charge in [-0.1, -0.05) is 139 Å². The summed E-state index contributed by atoms with van der Waals surface area (Å²) >= 11 is 0. The molecule has 424 valence electrons. The van der Waals surface area contributed by atoms with Gasteiger partial charge in [0.05, 0.1) is 18.1 Å². The Kier molecular flexibility index (Phi) is 21.7. The Hall–Kier alpha value is -4.60. The predicted octanol–water partition coefficient (Wildman–Crippen LogP) is 15.5. The number of aromatic nitrogens is 7. The number of pyridine rings is 1. The maximum absolute atomic E-state index is 6.33. The van der Waals surface area contributed by atoms with Crippen molar-refractivity contribution in [3.05, 3.63) is 115 Å². The number of benzene rings is 1. The average molecular weight is 1130 g/mol. The van der Waals surface area contributed by atoms with Crippen LogP contribution in [0.4, 0.5) is 11.6 Å². The molecule has 8 rings (SSSR count). The van der Waals surface area contributed by atoms with Crippen LogP contribution in [-0.4, -0.2) is 120 Å². The van der Waals surface area contributed by atoms with Gasteiger partial charge in [0.1, 0.15) is 38.6 Å². The van der Waals surface area contributed by atoms with Gasteiger partial charge >= 0.3 is 0 Å². The summed E-state index contributed by atoms with van der Waals surface area (Å²) in [4.78, 5) is 19.4. The van der Waals surface area contributed by atoms with Crippen molar-refractivity contribution in [2.75, 3.05) is 63.2 Å². The third-order valence-corrected chi connectivity index (χ3v) is 21.6. The number of allylic oxidation sites excluding steroid dienone is 2. The second kappa shape index (κ2) is 27.7. The molecule has 5 heterocycles. The lowest BCUT2D eigenvalue weighted by molar-refractivity contribution is 0.0940. The molecule has 0 amide bonds. The summed E-state index contributed by atoms with van der Waals surface area (Å²) in [6.07, 6.45) is 14.3. The Labute approximate surface area is 472 Å². The Morgan fingerprint density at radius 3 is 1.40 bits per heavy atom. The quantitative estimate of drug-likeness (QED) is 0.0224. The summed E-state index contributed by atoms with van der Waals surface area (Å²) < 4.78 is 28.9. The zero-order valence-electron chi connectivity index (χ0n) is 49.9. The highest BCUT2D eigenvalue weighted by Crippen LogP contribution is 2.38. The normalized spacial score (nSPS) is 15.3. The number of rotatable bonds is 26. The van der Waals surface area contributed by atoms with E-state index in [9.17, 15) is 0 Å². The maximum Gasteiger partial charge on any atom is 0.165 e. The fourth-order valence-electron chi connectivity index (χ4n) is 9.48. The van der Waals surface area contributed by atoms with Crippen molar-refractivity contribution >= 4 is 55.2 Å². The molecule has 17 heteroatoms. The Morgan fingerprint density at radius 1 is 0.513 bits per heavy atom. The van der Waals surface area contributed by atoms with Crippen LogP contribution in [0.1, 0.15) is 74.6 Å². The number of fused-ring (bicyclic) bond motifs is 2. The second-order valence-corrected chi connectivity index (χ2v) is 49.3. The minimum Gasteiger partial charge on any atom is -0.361 e. The third-order valence-electron chi connectivity index (χ3n) is 14.8. The van der Waals surface area contributed by atoms with Crippen molar-refractivity contribution in [3.8, 4) is 22.4 Å². The van der Waals surface area contributed by atoms with Gasteiger partial charge in [-0.25, -0.2) is 9.97 Å². The largest absolute Gasteiger partial charge is 0.361 e. The van der Waals surface area contributed by atoms with Crippen LogP contribution in [0.3, 0.4) is 0 Å². The van der Waals surface area contributed by atoms with Crippen LogP contribution in [0, 0.1) is 0 Å². The first-order chi connectivity index (χ1) is 37.0. The molecule has 2 fully saturated rings. The SMILES string of the molecule is C=C1CCC(c2cc(N(COCC[Si](C)(C)C)COCC[Si](C)(C)C)n3ncc(-c4ccc(-c5ccccc5)nc4)c3n2)CC1.C=C1CCC(c2cc(N(COCC[Si](C)(C)C)COCC[Si](C)(C)C)n3nccc3n2)CC1. The Morgan fingerprint density at radius 2 is 0.962 bits per heavy atom. The van der Waals surface area contributed by atoms with E-state index >= 15 is 0 Å². The summed E-state index contributed by atoms with van der Waals surface area (Å²) in [6, 6.07) is 25.5. The molecule has 0 radical (unpaired) electrons. The summed E-state index contributed by atoms with van der Waals surface area (Å²) in [7, 11) is -4.70. The van der Waals surface area contributed by atoms with Crippen LogP contribution in [0.15, 0.2) is 104 Å². The minimum absolute atomic E-state index is 0.378. The lowest BCUT2D eigenvalue weighted by Crippen LogP contribution is -2.33. The maximum atomic E-state index is 6.33. The number of nitrogens with zero attached hydrogens (tertiary/aromatic N) is 9. The van der Waals surface area contributed by atoms with E-state index in [0.717, 1.165) is 159 Å². The van der Waals surface area contributed by atoms with Crippen LogP contribution < -0.4 is 9.80 Å². The van der Waals surface area contributed by atoms with Gasteiger partial charge in [0, 0.05) is 123 Å². The molecule has 0 saturated heterocycles. The van der Waals surface area contributed by atoms with E-state index in [-0.39, 0.29) is 0 Å². The van der Waals surface area contributed by atoms with Crippen LogP contribution in [0.25, 0.3) is 33.7 Å². The smallest absolute Gasteiger partial charge is 0.165 e. The second-order valence-electron chi connectivity index (χ2n) is 26.8. The summed E-state index contributed by atoms with van der Waals surface area (Å²) in [6.45, 7) is 42.0. The Balaban J connectivity index is 0.000000238. The lowest BCUT2D eigenvalue weighted by atomic mass is 9.84. The first-order valence-electron chi connectivity index (χ1n) is 28.9. The van der Waals surface area contributed by atoms with Gasteiger partial charge in [-0.3, -0.25) is 4.98 Å². The van der Waals surface area contributed by atoms with E-state index in [0.29, 0.717) is 38.8 Å². The van der Waals surface area contributed by atoms with Crippen LogP contribution in [0.5, 0.6) is 0 Å². The number of anilines is 2. The first-order valence-corrected chi connectivity index (χ1v) is 43.7. The zero-order chi connectivity index (χ0) is 56.1. The molecule has 0 spiro atoms. The molecule has 2 saturated carbocycles. The fraction of sp³-hybridized carbons (Fsp3) is 0.557. The van der Waals surface area contributed by atoms with Crippen molar-refractivity contribution in [1.29, 1.82) is 0 Å². The minimum atomic E-state index is -1.21. The number of hydrogen-bond acceptors (Lipinski definition) is 11. The van der Waals surface area contributed by atoms with Crippen molar-refractivity contribution in [2.24, 2.45) is 0 Å². The van der Waals surface area contributed by atoms with E-state index < -0.39 is 32.3 Å². The van der Waals surface area contributed by atoms with Gasteiger partial charge in [0.2, 0.25) is 0 Å². The van der Waals surface area contributed by atoms with Gasteiger partial charge in [0.25, 0.3) is 0 Å². The molecular weight excluding hydrogens is 1040 g/mol. The summed E-state index contributed by atoms with van der Waals surface area (Å²) in [5, 5.41) is 9.48. The van der Waals surface area contributed by atoms with Crippen LogP contribution in [-0.2, 0) is 18.9 Å². The highest BCUT2D eigenvalue weighted by atomic mass is 28.3. The molecule has 13 nitrogen and oxygen atoms in total. The van der Waals surface area contributed by atoms with Gasteiger partial charge in [0.15, 0.2) is 11.3 Å². The van der Waals surface area contributed by atoms with E-state index in [2.05, 4.69) is 143 Å². The molecule has 5 aromatic heterocycles. The first kappa shape index (κ1) is 61.0. The molecule has 6 aromatic rings. The summed E-state index contributed by atoms with van der Waals surface area (Å²) in [5.74, 6) is 2.81. The predicted molar refractivity (Wildman–Crippen MR) is 336 cm³/mol. The number of hydrogen-bond donors (Lipinski definition) is 0. The van der Waals surface area contributed by atoms with Gasteiger partial charge in [-0.15, -0.1) is 0 Å². The molecule has 0 aliphatic heterocycles. The molecule has 0 N–H and O–H groups in total. The Bertz CT molecular complexity index is 2790. The fourth-order valence-corrected chi connectivity index (χ4v) is 12.5. The van der Waals surface area contributed by atoms with Crippen LogP contribution >= 0.6 is 0 Å². The third kappa shape index (κ3) is 19.0. The van der Waals surface area contributed by atoms with Crippen molar-refractivity contribution in [3.63, 3.8) is 0 Å². The van der Waals surface area contributed by atoms with Crippen molar-refractivity contribution in [2.45, 2.75) is 166 Å². The van der Waals surface area contributed by atoms with Gasteiger partial charge in [-0.05, 0) is 81.6 Å². The molecule has 2 aliphatic carbocycles. The van der Waals surface area contributed by atoms with Gasteiger partial charge < -0.3 is 28.7 Å². The monoisotopic (exact) mass is 1130 g/mol. The highest BCUT2D eigenvalue weighted by molar-refractivity contribution is 6.77. The molecule has 0 bridgehead atoms. The van der Waals surface area contributed by atoms with Crippen molar-refractivity contribution in [1.82, 2.24) is 34.2 Å². The van der Waals surface area contributed by atoms with Crippen LogP contribution in [0.2, 0.25) is 103 Å². The molecule has 2 aliphatic rings. The molecule has 1 aromatic carbocycles. The van der Waals surface area contributed by atoms with E-state index in [1.807, 2.05) is 51.9 Å². The topological polar surface area (TPSA) is 117 Å². The zero-order valence-corrected chi connectivity index (χ0v) is 53.9. The van der Waals surface area contributed by atoms with E-state index in [1.54, 1.807) is 0 Å². The molecule has 0 unspecified atom stereocenters. The lowest BCUT2D eigenvalue weighted by Gasteiger charge is -2.28. The highest BCUT2D eigenvalue weighted by Gasteiger charge is 2.27. The molecule has 0 atom stereocenters. The van der Waals surface area contributed by atoms with Crippen molar-refractivity contribution < 1.29 is 18.9 Å². The standard InChI is InChI=1S/C36H51N5O2Si2.C25H44N4O2Si2/c1-28-13-15-30(16-14-28)34-23-35(40(26-42-19-21-44(2,3)4)27-43-20-22-45(5,6)7)41-36(39-34)32(25-38-41)31-17-18-33(37-24-31)29-11-9-8-10-12-29;1-21-8-10-22(11-9-21)23-18-25(29-24(27-23)12-13-26-29)28(19-30-14-16-32(2,3)4)20-31-15-17-33(5,6)7/h8-12,17-18,23-25,30H,1,13-16,19-22,26-27H2,2-7H3;12-13,18,22H,1,8-11,14-17,19-20H2,2-7H3. The van der Waals surface area contributed by atoms with Gasteiger partial charge in [-0.2, -0.15) is 19.2 Å². The summed E-state index contributed by atoms with van der Waals surface area (Å²) in [5.41, 5.74) is 10.7. The number of ether oxygens (including phenoxy) is 4. The van der Waals surface area contributed by atoms with E-state index in [1.165, 1.54) is 11.1 Å². The average Bonchev–Trinajstić information content (AvgIpc) is 4.12.